The van der Waals surface area contributed by atoms with Crippen molar-refractivity contribution in [1.82, 2.24) is 10.2 Å². The van der Waals surface area contributed by atoms with E-state index in [1.54, 1.807) is 11.3 Å². The molecule has 0 aromatic carbocycles. The quantitative estimate of drug-likeness (QED) is 0.840. The number of nitriles is 1. The standard InChI is InChI=1S/C17H25N3OS/c1-12(2)20(9-15-8-5-13(3)22-15)10-16(21)19-17(4,11-18)14-6-7-14/h5,8,12,14H,6-7,9-10H2,1-4H3,(H,19,21)/t17-/m0/s1. The Morgan fingerprint density at radius 2 is 2.23 bits per heavy atom. The second-order valence-electron chi connectivity index (χ2n) is 6.65. The number of thiophene rings is 1. The number of hydrogen-bond acceptors (Lipinski definition) is 4. The Balaban J connectivity index is 1.95. The molecule has 0 bridgehead atoms. The van der Waals surface area contributed by atoms with Crippen LogP contribution in [-0.2, 0) is 11.3 Å². The van der Waals surface area contributed by atoms with Crippen LogP contribution in [0.3, 0.4) is 0 Å². The van der Waals surface area contributed by atoms with Crippen molar-refractivity contribution >= 4 is 17.2 Å². The summed E-state index contributed by atoms with van der Waals surface area (Å²) >= 11 is 1.77. The van der Waals surface area contributed by atoms with E-state index in [9.17, 15) is 10.1 Å². The molecule has 1 aromatic heterocycles. The Labute approximate surface area is 137 Å². The first-order chi connectivity index (χ1) is 10.3. The molecule has 0 radical (unpaired) electrons. The van der Waals surface area contributed by atoms with E-state index in [-0.39, 0.29) is 11.9 Å². The molecule has 1 aliphatic carbocycles. The second-order valence-corrected chi connectivity index (χ2v) is 8.02. The highest BCUT2D eigenvalue weighted by molar-refractivity contribution is 7.11. The van der Waals surface area contributed by atoms with Crippen LogP contribution in [0.2, 0.25) is 0 Å². The molecule has 1 aromatic rings. The van der Waals surface area contributed by atoms with E-state index >= 15 is 0 Å². The predicted octanol–water partition coefficient (Wildman–Crippen LogP) is 3.08. The maximum atomic E-state index is 12.4. The molecule has 0 unspecified atom stereocenters. The Morgan fingerprint density at radius 1 is 1.55 bits per heavy atom. The third kappa shape index (κ3) is 4.31. The summed E-state index contributed by atoms with van der Waals surface area (Å²) in [7, 11) is 0. The maximum absolute atomic E-state index is 12.4. The monoisotopic (exact) mass is 319 g/mol. The third-order valence-electron chi connectivity index (χ3n) is 4.26. The number of amides is 1. The van der Waals surface area contributed by atoms with Gasteiger partial charge in [-0.05, 0) is 58.6 Å². The summed E-state index contributed by atoms with van der Waals surface area (Å²) in [4.78, 5) is 17.1. The van der Waals surface area contributed by atoms with E-state index in [1.165, 1.54) is 9.75 Å². The topological polar surface area (TPSA) is 56.1 Å². The first-order valence-corrected chi connectivity index (χ1v) is 8.67. The minimum atomic E-state index is -0.709. The van der Waals surface area contributed by atoms with Crippen LogP contribution in [0.25, 0.3) is 0 Å². The predicted molar refractivity (Wildman–Crippen MR) is 89.5 cm³/mol. The van der Waals surface area contributed by atoms with Crippen molar-refractivity contribution in [3.63, 3.8) is 0 Å². The van der Waals surface area contributed by atoms with E-state index in [2.05, 4.69) is 49.2 Å². The van der Waals surface area contributed by atoms with Crippen LogP contribution in [0.4, 0.5) is 0 Å². The maximum Gasteiger partial charge on any atom is 0.235 e. The van der Waals surface area contributed by atoms with Gasteiger partial charge in [0.1, 0.15) is 5.54 Å². The zero-order valence-electron chi connectivity index (χ0n) is 13.8. The minimum Gasteiger partial charge on any atom is -0.337 e. The molecule has 2 rings (SSSR count). The molecule has 1 aliphatic rings. The number of carbonyl (C=O) groups excluding carboxylic acids is 1. The van der Waals surface area contributed by atoms with Crippen molar-refractivity contribution in [2.45, 2.75) is 58.7 Å². The molecule has 1 amide bonds. The fourth-order valence-corrected chi connectivity index (χ4v) is 3.50. The van der Waals surface area contributed by atoms with Gasteiger partial charge >= 0.3 is 0 Å². The molecule has 1 atom stereocenters. The zero-order valence-corrected chi connectivity index (χ0v) is 14.7. The Hall–Kier alpha value is -1.38. The molecule has 22 heavy (non-hydrogen) atoms. The lowest BCUT2D eigenvalue weighted by atomic mass is 9.98. The normalized spacial score (nSPS) is 17.3. The molecule has 5 heteroatoms. The summed E-state index contributed by atoms with van der Waals surface area (Å²) in [6.07, 6.45) is 2.07. The first-order valence-electron chi connectivity index (χ1n) is 7.85. The Bertz CT molecular complexity index is 571. The smallest absolute Gasteiger partial charge is 0.235 e. The molecular formula is C17H25N3OS. The van der Waals surface area contributed by atoms with Crippen LogP contribution in [0.5, 0.6) is 0 Å². The first kappa shape index (κ1) is 17.0. The molecule has 1 fully saturated rings. The average molecular weight is 319 g/mol. The largest absolute Gasteiger partial charge is 0.337 e. The van der Waals surface area contributed by atoms with Crippen molar-refractivity contribution in [2.24, 2.45) is 5.92 Å². The highest BCUT2D eigenvalue weighted by atomic mass is 32.1. The van der Waals surface area contributed by atoms with E-state index in [1.807, 2.05) is 6.92 Å². The molecule has 0 spiro atoms. The van der Waals surface area contributed by atoms with Gasteiger partial charge in [-0.2, -0.15) is 5.26 Å². The van der Waals surface area contributed by atoms with Gasteiger partial charge in [0.15, 0.2) is 0 Å². The molecule has 1 heterocycles. The lowest BCUT2D eigenvalue weighted by molar-refractivity contribution is -0.124. The van der Waals surface area contributed by atoms with Gasteiger partial charge in [-0.15, -0.1) is 11.3 Å². The van der Waals surface area contributed by atoms with Crippen molar-refractivity contribution in [2.75, 3.05) is 6.54 Å². The van der Waals surface area contributed by atoms with Crippen LogP contribution < -0.4 is 5.32 Å². The van der Waals surface area contributed by atoms with Crippen LogP contribution in [-0.4, -0.2) is 28.9 Å². The number of rotatable bonds is 7. The summed E-state index contributed by atoms with van der Waals surface area (Å²) in [5, 5.41) is 12.3. The highest BCUT2D eigenvalue weighted by Gasteiger charge is 2.43. The van der Waals surface area contributed by atoms with Crippen LogP contribution in [0.1, 0.15) is 43.4 Å². The van der Waals surface area contributed by atoms with Crippen LogP contribution in [0, 0.1) is 24.2 Å². The van der Waals surface area contributed by atoms with E-state index < -0.39 is 5.54 Å². The number of nitrogens with zero attached hydrogens (tertiary/aromatic N) is 2. The van der Waals surface area contributed by atoms with Crippen molar-refractivity contribution in [1.29, 1.82) is 5.26 Å². The van der Waals surface area contributed by atoms with Gasteiger partial charge in [-0.1, -0.05) is 0 Å². The molecule has 1 saturated carbocycles. The number of aryl methyl sites for hydroxylation is 1. The molecule has 120 valence electrons. The fourth-order valence-electron chi connectivity index (χ4n) is 2.59. The summed E-state index contributed by atoms with van der Waals surface area (Å²) in [6.45, 7) is 9.23. The summed E-state index contributed by atoms with van der Waals surface area (Å²) < 4.78 is 0. The lowest BCUT2D eigenvalue weighted by Crippen LogP contribution is -2.50. The SMILES string of the molecule is Cc1ccc(CN(CC(=O)N[C@@](C)(C#N)C2CC2)C(C)C)s1. The zero-order chi connectivity index (χ0) is 16.3. The van der Waals surface area contributed by atoms with Gasteiger partial charge in [-0.3, -0.25) is 9.69 Å². The molecule has 0 aliphatic heterocycles. The van der Waals surface area contributed by atoms with Gasteiger partial charge in [0.2, 0.25) is 5.91 Å². The summed E-state index contributed by atoms with van der Waals surface area (Å²) in [5.74, 6) is 0.256. The van der Waals surface area contributed by atoms with Gasteiger partial charge in [0.25, 0.3) is 0 Å². The second kappa shape index (κ2) is 6.80. The number of nitrogens with one attached hydrogen (secondary N) is 1. The number of carbonyl (C=O) groups is 1. The van der Waals surface area contributed by atoms with Crippen molar-refractivity contribution < 1.29 is 4.79 Å². The van der Waals surface area contributed by atoms with Crippen LogP contribution >= 0.6 is 11.3 Å². The molecular weight excluding hydrogens is 294 g/mol. The van der Waals surface area contributed by atoms with Gasteiger partial charge in [0.05, 0.1) is 12.6 Å². The van der Waals surface area contributed by atoms with E-state index in [4.69, 9.17) is 0 Å². The third-order valence-corrected chi connectivity index (χ3v) is 5.24. The Kier molecular flexibility index (Phi) is 5.25. The average Bonchev–Trinajstić information content (AvgIpc) is 3.22. The van der Waals surface area contributed by atoms with Gasteiger partial charge < -0.3 is 5.32 Å². The molecule has 0 saturated heterocycles. The van der Waals surface area contributed by atoms with E-state index in [0.717, 1.165) is 19.4 Å². The molecule has 1 N–H and O–H groups in total. The summed E-state index contributed by atoms with van der Waals surface area (Å²) in [5.41, 5.74) is -0.709. The highest BCUT2D eigenvalue weighted by Crippen LogP contribution is 2.39. The fraction of sp³-hybridized carbons (Fsp3) is 0.647. The minimum absolute atomic E-state index is 0.0575. The van der Waals surface area contributed by atoms with Gasteiger partial charge in [0, 0.05) is 22.3 Å². The molecule has 4 nitrogen and oxygen atoms in total. The summed E-state index contributed by atoms with van der Waals surface area (Å²) in [6, 6.07) is 6.79. The van der Waals surface area contributed by atoms with Gasteiger partial charge in [-0.25, -0.2) is 0 Å². The van der Waals surface area contributed by atoms with E-state index in [0.29, 0.717) is 12.5 Å². The van der Waals surface area contributed by atoms with Crippen molar-refractivity contribution in [3.05, 3.63) is 21.9 Å². The van der Waals surface area contributed by atoms with Crippen molar-refractivity contribution in [3.8, 4) is 6.07 Å². The van der Waals surface area contributed by atoms with Crippen LogP contribution in [0.15, 0.2) is 12.1 Å². The number of hydrogen-bond donors (Lipinski definition) is 1. The Morgan fingerprint density at radius 3 is 2.68 bits per heavy atom. The lowest BCUT2D eigenvalue weighted by Gasteiger charge is -2.28.